The molecule has 1 atom stereocenters. The molecule has 0 bridgehead atoms. The second kappa shape index (κ2) is 4.95. The number of benzene rings is 1. The van der Waals surface area contributed by atoms with E-state index in [4.69, 9.17) is 18.0 Å². The molecule has 1 heterocycles. The van der Waals surface area contributed by atoms with Crippen molar-refractivity contribution in [3.8, 4) is 0 Å². The summed E-state index contributed by atoms with van der Waals surface area (Å²) >= 11 is 4.91. The van der Waals surface area contributed by atoms with Gasteiger partial charge in [-0.25, -0.2) is 8.42 Å². The van der Waals surface area contributed by atoms with Gasteiger partial charge in [-0.3, -0.25) is 0 Å². The quantitative estimate of drug-likeness (QED) is 0.844. The Morgan fingerprint density at radius 3 is 2.83 bits per heavy atom. The van der Waals surface area contributed by atoms with Crippen LogP contribution < -0.4 is 5.73 Å². The Hall–Kier alpha value is -0.980. The summed E-state index contributed by atoms with van der Waals surface area (Å²) in [6.45, 7) is 2.92. The first-order valence-electron chi connectivity index (χ1n) is 5.75. The first kappa shape index (κ1) is 13.5. The van der Waals surface area contributed by atoms with Crippen LogP contribution in [0.25, 0.3) is 0 Å². The summed E-state index contributed by atoms with van der Waals surface area (Å²) < 4.78 is 25.3. The molecule has 0 amide bonds. The highest BCUT2D eigenvalue weighted by atomic mass is 32.2. The van der Waals surface area contributed by atoms with Crippen molar-refractivity contribution in [1.82, 2.24) is 4.31 Å². The van der Waals surface area contributed by atoms with E-state index in [2.05, 4.69) is 0 Å². The number of sulfonamides is 1. The van der Waals surface area contributed by atoms with E-state index in [1.54, 1.807) is 0 Å². The summed E-state index contributed by atoms with van der Waals surface area (Å²) in [4.78, 5) is 0.328. The molecule has 1 aliphatic heterocycles. The number of nitrogens with two attached hydrogens (primary N) is 1. The van der Waals surface area contributed by atoms with Crippen LogP contribution in [0.4, 0.5) is 0 Å². The Labute approximate surface area is 113 Å². The van der Waals surface area contributed by atoms with E-state index < -0.39 is 10.0 Å². The Balaban J connectivity index is 2.20. The summed E-state index contributed by atoms with van der Waals surface area (Å²) in [5, 5.41) is 0. The zero-order valence-corrected chi connectivity index (χ0v) is 11.8. The number of rotatable bonds is 3. The van der Waals surface area contributed by atoms with Crippen molar-refractivity contribution >= 4 is 27.2 Å². The number of hydrogen-bond donors (Lipinski definition) is 1. The molecule has 2 rings (SSSR count). The van der Waals surface area contributed by atoms with Crippen LogP contribution in [0.1, 0.15) is 18.1 Å². The predicted octanol–water partition coefficient (Wildman–Crippen LogP) is 1.10. The van der Waals surface area contributed by atoms with Gasteiger partial charge in [-0.1, -0.05) is 37.3 Å². The molecular weight excluding hydrogens is 268 g/mol. The fourth-order valence-corrected chi connectivity index (χ4v) is 4.16. The van der Waals surface area contributed by atoms with Gasteiger partial charge in [-0.2, -0.15) is 4.31 Å². The minimum atomic E-state index is -3.10. The molecule has 1 fully saturated rings. The first-order valence-corrected chi connectivity index (χ1v) is 7.77. The summed E-state index contributed by atoms with van der Waals surface area (Å²) in [5.41, 5.74) is 7.25. The lowest BCUT2D eigenvalue weighted by Gasteiger charge is -2.15. The lowest BCUT2D eigenvalue weighted by atomic mass is 10.1. The van der Waals surface area contributed by atoms with Gasteiger partial charge in [0.1, 0.15) is 4.99 Å². The predicted molar refractivity (Wildman–Crippen MR) is 75.7 cm³/mol. The van der Waals surface area contributed by atoms with E-state index in [1.807, 2.05) is 31.2 Å². The first-order chi connectivity index (χ1) is 8.38. The molecule has 1 aromatic carbocycles. The van der Waals surface area contributed by atoms with E-state index in [-0.39, 0.29) is 11.7 Å². The molecule has 18 heavy (non-hydrogen) atoms. The van der Waals surface area contributed by atoms with Crippen molar-refractivity contribution < 1.29 is 8.42 Å². The molecule has 1 saturated heterocycles. The standard InChI is InChI=1S/C12H16N2O2S2/c1-9-6-14(18(15,16)8-9)7-10-3-2-4-11(5-10)12(13)17/h2-5,9H,6-8H2,1H3,(H2,13,17). The molecule has 0 saturated carbocycles. The molecule has 6 heteroatoms. The molecule has 0 aliphatic carbocycles. The number of nitrogens with zero attached hydrogens (tertiary/aromatic N) is 1. The molecule has 2 N–H and O–H groups in total. The third kappa shape index (κ3) is 2.88. The van der Waals surface area contributed by atoms with Crippen LogP contribution in [-0.2, 0) is 16.6 Å². The highest BCUT2D eigenvalue weighted by molar-refractivity contribution is 7.89. The van der Waals surface area contributed by atoms with Crippen LogP contribution in [-0.4, -0.2) is 30.0 Å². The van der Waals surface area contributed by atoms with Gasteiger partial charge < -0.3 is 5.73 Å². The summed E-state index contributed by atoms with van der Waals surface area (Å²) in [6, 6.07) is 7.41. The molecule has 1 aliphatic rings. The second-order valence-corrected chi connectivity index (χ2v) is 7.19. The Bertz CT molecular complexity index is 569. The average Bonchev–Trinajstić information content (AvgIpc) is 2.52. The molecule has 1 aromatic rings. The van der Waals surface area contributed by atoms with E-state index in [0.717, 1.165) is 11.1 Å². The molecular formula is C12H16N2O2S2. The summed E-state index contributed by atoms with van der Waals surface area (Å²) in [5.74, 6) is 0.427. The molecule has 1 unspecified atom stereocenters. The van der Waals surface area contributed by atoms with E-state index in [9.17, 15) is 8.42 Å². The van der Waals surface area contributed by atoms with Gasteiger partial charge in [0.05, 0.1) is 5.75 Å². The third-order valence-corrected chi connectivity index (χ3v) is 5.27. The minimum Gasteiger partial charge on any atom is -0.389 e. The van der Waals surface area contributed by atoms with E-state index in [0.29, 0.717) is 18.1 Å². The van der Waals surface area contributed by atoms with Crippen LogP contribution in [0.2, 0.25) is 0 Å². The Kier molecular flexibility index (Phi) is 3.70. The van der Waals surface area contributed by atoms with Crippen LogP contribution in [0.3, 0.4) is 0 Å². The SMILES string of the molecule is CC1CN(Cc2cccc(C(N)=S)c2)S(=O)(=O)C1. The summed E-state index contributed by atoms with van der Waals surface area (Å²) in [7, 11) is -3.10. The third-order valence-electron chi connectivity index (χ3n) is 2.97. The van der Waals surface area contributed by atoms with Crippen LogP contribution in [0, 0.1) is 5.92 Å². The molecule has 98 valence electrons. The maximum Gasteiger partial charge on any atom is 0.214 e. The van der Waals surface area contributed by atoms with Crippen molar-refractivity contribution in [2.75, 3.05) is 12.3 Å². The number of thiocarbonyl (C=S) groups is 1. The maximum absolute atomic E-state index is 11.9. The van der Waals surface area contributed by atoms with Gasteiger partial charge in [0.25, 0.3) is 0 Å². The zero-order valence-electron chi connectivity index (χ0n) is 10.2. The molecule has 4 nitrogen and oxygen atoms in total. The highest BCUT2D eigenvalue weighted by Gasteiger charge is 2.33. The van der Waals surface area contributed by atoms with E-state index in [1.165, 1.54) is 4.31 Å². The smallest absolute Gasteiger partial charge is 0.214 e. The van der Waals surface area contributed by atoms with Crippen LogP contribution >= 0.6 is 12.2 Å². The number of hydrogen-bond acceptors (Lipinski definition) is 3. The lowest BCUT2D eigenvalue weighted by molar-refractivity contribution is 0.409. The molecule has 0 radical (unpaired) electrons. The second-order valence-electron chi connectivity index (χ2n) is 4.74. The maximum atomic E-state index is 11.9. The van der Waals surface area contributed by atoms with Crippen molar-refractivity contribution in [3.63, 3.8) is 0 Å². The minimum absolute atomic E-state index is 0.189. The van der Waals surface area contributed by atoms with Crippen molar-refractivity contribution in [3.05, 3.63) is 35.4 Å². The average molecular weight is 284 g/mol. The van der Waals surface area contributed by atoms with Gasteiger partial charge in [0.15, 0.2) is 0 Å². The monoisotopic (exact) mass is 284 g/mol. The molecule has 0 aromatic heterocycles. The van der Waals surface area contributed by atoms with Crippen LogP contribution in [0.15, 0.2) is 24.3 Å². The fourth-order valence-electron chi connectivity index (χ4n) is 2.17. The van der Waals surface area contributed by atoms with Crippen molar-refractivity contribution in [2.24, 2.45) is 11.7 Å². The summed E-state index contributed by atoms with van der Waals surface area (Å²) in [6.07, 6.45) is 0. The molecule has 0 spiro atoms. The highest BCUT2D eigenvalue weighted by Crippen LogP contribution is 2.21. The lowest BCUT2D eigenvalue weighted by Crippen LogP contribution is -2.25. The van der Waals surface area contributed by atoms with Gasteiger partial charge >= 0.3 is 0 Å². The Morgan fingerprint density at radius 1 is 1.56 bits per heavy atom. The zero-order chi connectivity index (χ0) is 13.3. The van der Waals surface area contributed by atoms with Gasteiger partial charge in [0, 0.05) is 18.7 Å². The van der Waals surface area contributed by atoms with Crippen molar-refractivity contribution in [2.45, 2.75) is 13.5 Å². The van der Waals surface area contributed by atoms with Gasteiger partial charge in [-0.15, -0.1) is 0 Å². The van der Waals surface area contributed by atoms with Crippen molar-refractivity contribution in [1.29, 1.82) is 0 Å². The topological polar surface area (TPSA) is 63.4 Å². The fraction of sp³-hybridized carbons (Fsp3) is 0.417. The van der Waals surface area contributed by atoms with Crippen LogP contribution in [0.5, 0.6) is 0 Å². The Morgan fingerprint density at radius 2 is 2.28 bits per heavy atom. The largest absolute Gasteiger partial charge is 0.389 e. The van der Waals surface area contributed by atoms with Gasteiger partial charge in [-0.05, 0) is 17.5 Å². The van der Waals surface area contributed by atoms with E-state index >= 15 is 0 Å². The van der Waals surface area contributed by atoms with Gasteiger partial charge in [0.2, 0.25) is 10.0 Å². The normalized spacial score (nSPS) is 23.1.